The van der Waals surface area contributed by atoms with Crippen molar-refractivity contribution in [3.63, 3.8) is 0 Å². The first-order valence-electron chi connectivity index (χ1n) is 7.23. The number of hydrogen-bond donors (Lipinski definition) is 2. The molecular weight excluding hydrogens is 391 g/mol. The van der Waals surface area contributed by atoms with E-state index in [1.54, 1.807) is 24.3 Å². The van der Waals surface area contributed by atoms with Gasteiger partial charge in [-0.25, -0.2) is 4.39 Å². The molecule has 25 heavy (non-hydrogen) atoms. The second-order valence-electron chi connectivity index (χ2n) is 5.14. The van der Waals surface area contributed by atoms with E-state index in [2.05, 4.69) is 26.6 Å². The molecule has 5 nitrogen and oxygen atoms in total. The minimum atomic E-state index is -0.440. The largest absolute Gasteiger partial charge is 0.457 e. The fourth-order valence-electron chi connectivity index (χ4n) is 2.14. The van der Waals surface area contributed by atoms with Gasteiger partial charge < -0.3 is 15.1 Å². The SMILES string of the molecule is O=C(Nc1cccc(F)c1)c1cccc(NC(=O)c2coc(Br)c2)c1. The molecule has 0 aliphatic heterocycles. The van der Waals surface area contributed by atoms with Crippen LogP contribution in [0.3, 0.4) is 0 Å². The normalized spacial score (nSPS) is 10.3. The second-order valence-corrected chi connectivity index (χ2v) is 5.92. The van der Waals surface area contributed by atoms with E-state index >= 15 is 0 Å². The van der Waals surface area contributed by atoms with Gasteiger partial charge in [-0.3, -0.25) is 9.59 Å². The van der Waals surface area contributed by atoms with E-state index in [-0.39, 0.29) is 5.91 Å². The number of halogens is 2. The third kappa shape index (κ3) is 4.33. The smallest absolute Gasteiger partial charge is 0.258 e. The van der Waals surface area contributed by atoms with Crippen LogP contribution in [0.5, 0.6) is 0 Å². The molecule has 2 aromatic carbocycles. The van der Waals surface area contributed by atoms with Crippen LogP contribution in [-0.4, -0.2) is 11.8 Å². The van der Waals surface area contributed by atoms with Crippen LogP contribution in [0.1, 0.15) is 20.7 Å². The molecular formula is C18H12BrFN2O3. The van der Waals surface area contributed by atoms with Crippen LogP contribution in [0.4, 0.5) is 15.8 Å². The summed E-state index contributed by atoms with van der Waals surface area (Å²) in [7, 11) is 0. The van der Waals surface area contributed by atoms with Gasteiger partial charge in [0.15, 0.2) is 4.67 Å². The summed E-state index contributed by atoms with van der Waals surface area (Å²) in [5, 5.41) is 5.28. The van der Waals surface area contributed by atoms with Crippen molar-refractivity contribution in [2.45, 2.75) is 0 Å². The average molecular weight is 403 g/mol. The molecule has 0 saturated carbocycles. The van der Waals surface area contributed by atoms with Gasteiger partial charge in [-0.1, -0.05) is 12.1 Å². The number of amides is 2. The highest BCUT2D eigenvalue weighted by atomic mass is 79.9. The number of anilines is 2. The van der Waals surface area contributed by atoms with Gasteiger partial charge in [-0.05, 0) is 52.3 Å². The predicted molar refractivity (Wildman–Crippen MR) is 95.2 cm³/mol. The maximum Gasteiger partial charge on any atom is 0.258 e. The lowest BCUT2D eigenvalue weighted by Crippen LogP contribution is -2.14. The molecule has 2 N–H and O–H groups in total. The van der Waals surface area contributed by atoms with Crippen molar-refractivity contribution in [2.75, 3.05) is 10.6 Å². The van der Waals surface area contributed by atoms with Crippen LogP contribution < -0.4 is 10.6 Å². The molecule has 0 atom stereocenters. The Bertz CT molecular complexity index is 939. The summed E-state index contributed by atoms with van der Waals surface area (Å²) in [6, 6.07) is 13.6. The molecule has 0 spiro atoms. The number of nitrogens with one attached hydrogen (secondary N) is 2. The van der Waals surface area contributed by atoms with Crippen molar-refractivity contribution in [1.29, 1.82) is 0 Å². The second kappa shape index (κ2) is 7.31. The van der Waals surface area contributed by atoms with E-state index in [1.807, 2.05) is 0 Å². The van der Waals surface area contributed by atoms with Crippen molar-refractivity contribution in [3.05, 3.63) is 82.5 Å². The van der Waals surface area contributed by atoms with Crippen LogP contribution in [0.2, 0.25) is 0 Å². The first-order chi connectivity index (χ1) is 12.0. The van der Waals surface area contributed by atoms with Crippen molar-refractivity contribution in [1.82, 2.24) is 0 Å². The topological polar surface area (TPSA) is 71.3 Å². The molecule has 0 aliphatic rings. The number of hydrogen-bond acceptors (Lipinski definition) is 3. The summed E-state index contributed by atoms with van der Waals surface area (Å²) in [4.78, 5) is 24.4. The Labute approximate surface area is 151 Å². The molecule has 0 fully saturated rings. The Morgan fingerprint density at radius 3 is 2.16 bits per heavy atom. The minimum Gasteiger partial charge on any atom is -0.457 e. The molecule has 1 heterocycles. The zero-order valence-electron chi connectivity index (χ0n) is 12.8. The fourth-order valence-corrected chi connectivity index (χ4v) is 2.48. The van der Waals surface area contributed by atoms with E-state index in [0.29, 0.717) is 27.2 Å². The van der Waals surface area contributed by atoms with Gasteiger partial charge in [0, 0.05) is 23.0 Å². The summed E-state index contributed by atoms with van der Waals surface area (Å²) < 4.78 is 18.6. The van der Waals surface area contributed by atoms with Gasteiger partial charge in [-0.2, -0.15) is 0 Å². The maximum absolute atomic E-state index is 13.2. The summed E-state index contributed by atoms with van der Waals surface area (Å²) in [5.74, 6) is -1.21. The highest BCUT2D eigenvalue weighted by Crippen LogP contribution is 2.18. The molecule has 7 heteroatoms. The third-order valence-corrected chi connectivity index (χ3v) is 3.71. The molecule has 2 amide bonds. The molecule has 0 radical (unpaired) electrons. The minimum absolute atomic E-state index is 0.329. The zero-order chi connectivity index (χ0) is 17.8. The van der Waals surface area contributed by atoms with E-state index in [9.17, 15) is 14.0 Å². The Balaban J connectivity index is 1.72. The Hall–Kier alpha value is -2.93. The molecule has 0 bridgehead atoms. The summed E-state index contributed by atoms with van der Waals surface area (Å²) >= 11 is 3.13. The lowest BCUT2D eigenvalue weighted by atomic mass is 10.1. The molecule has 0 unspecified atom stereocenters. The van der Waals surface area contributed by atoms with Crippen LogP contribution in [-0.2, 0) is 0 Å². The predicted octanol–water partition coefficient (Wildman–Crippen LogP) is 4.69. The van der Waals surface area contributed by atoms with E-state index in [0.717, 1.165) is 0 Å². The summed E-state index contributed by atoms with van der Waals surface area (Å²) in [6.45, 7) is 0. The van der Waals surface area contributed by atoms with Crippen molar-refractivity contribution in [3.8, 4) is 0 Å². The average Bonchev–Trinajstić information content (AvgIpc) is 3.02. The maximum atomic E-state index is 13.2. The lowest BCUT2D eigenvalue weighted by Gasteiger charge is -2.08. The van der Waals surface area contributed by atoms with Gasteiger partial charge in [-0.15, -0.1) is 0 Å². The molecule has 0 saturated heterocycles. The van der Waals surface area contributed by atoms with Gasteiger partial charge in [0.05, 0.1) is 5.56 Å². The summed E-state index contributed by atoms with van der Waals surface area (Å²) in [5.41, 5.74) is 1.48. The third-order valence-electron chi connectivity index (χ3n) is 3.29. The zero-order valence-corrected chi connectivity index (χ0v) is 14.3. The number of furan rings is 1. The molecule has 126 valence electrons. The standard InChI is InChI=1S/C18H12BrFN2O3/c19-16-8-12(10-25-16)18(24)21-14-5-1-3-11(7-14)17(23)22-15-6-2-4-13(20)9-15/h1-10H,(H,21,24)(H,22,23). The Kier molecular flexibility index (Phi) is 4.95. The van der Waals surface area contributed by atoms with Gasteiger partial charge in [0.2, 0.25) is 0 Å². The first-order valence-corrected chi connectivity index (χ1v) is 8.03. The highest BCUT2D eigenvalue weighted by Gasteiger charge is 2.12. The molecule has 0 aliphatic carbocycles. The fraction of sp³-hybridized carbons (Fsp3) is 0. The van der Waals surface area contributed by atoms with Crippen molar-refractivity contribution < 1.29 is 18.4 Å². The van der Waals surface area contributed by atoms with Gasteiger partial charge in [0.25, 0.3) is 11.8 Å². The van der Waals surface area contributed by atoms with Crippen LogP contribution in [0, 0.1) is 5.82 Å². The van der Waals surface area contributed by atoms with Gasteiger partial charge >= 0.3 is 0 Å². The van der Waals surface area contributed by atoms with E-state index in [1.165, 1.54) is 36.6 Å². The number of carbonyl (C=O) groups excluding carboxylic acids is 2. The number of carbonyl (C=O) groups is 2. The number of rotatable bonds is 4. The first kappa shape index (κ1) is 16.9. The van der Waals surface area contributed by atoms with E-state index < -0.39 is 11.7 Å². The molecule has 3 aromatic rings. The van der Waals surface area contributed by atoms with Crippen molar-refractivity contribution in [2.24, 2.45) is 0 Å². The monoisotopic (exact) mass is 402 g/mol. The molecule has 1 aromatic heterocycles. The van der Waals surface area contributed by atoms with Gasteiger partial charge in [0.1, 0.15) is 12.1 Å². The number of benzene rings is 2. The van der Waals surface area contributed by atoms with Crippen LogP contribution >= 0.6 is 15.9 Å². The Morgan fingerprint density at radius 2 is 1.52 bits per heavy atom. The highest BCUT2D eigenvalue weighted by molar-refractivity contribution is 9.10. The quantitative estimate of drug-likeness (QED) is 0.664. The van der Waals surface area contributed by atoms with E-state index in [4.69, 9.17) is 4.42 Å². The van der Waals surface area contributed by atoms with Crippen molar-refractivity contribution >= 4 is 39.1 Å². The summed E-state index contributed by atoms with van der Waals surface area (Å²) in [6.07, 6.45) is 1.32. The van der Waals surface area contributed by atoms with Crippen LogP contribution in [0.25, 0.3) is 0 Å². The Morgan fingerprint density at radius 1 is 0.880 bits per heavy atom. The molecule has 3 rings (SSSR count). The van der Waals surface area contributed by atoms with Crippen LogP contribution in [0.15, 0.2) is 69.9 Å². The lowest BCUT2D eigenvalue weighted by molar-refractivity contribution is 0.101.